The molecule has 2 heterocycles. The Hall–Kier alpha value is -1.96. The summed E-state index contributed by atoms with van der Waals surface area (Å²) in [7, 11) is 1.80. The van der Waals surface area contributed by atoms with Crippen molar-refractivity contribution in [1.82, 2.24) is 25.2 Å². The number of pyridine rings is 1. The average molecular weight is 306 g/mol. The minimum atomic E-state index is 0.113. The van der Waals surface area contributed by atoms with E-state index in [-0.39, 0.29) is 5.91 Å². The van der Waals surface area contributed by atoms with E-state index in [0.717, 1.165) is 23.0 Å². The van der Waals surface area contributed by atoms with Gasteiger partial charge in [0.1, 0.15) is 0 Å². The molecular formula is C13H18N6OS. The Morgan fingerprint density at radius 2 is 2.33 bits per heavy atom. The molecule has 8 heteroatoms. The molecule has 0 aliphatic carbocycles. The van der Waals surface area contributed by atoms with Gasteiger partial charge in [0.15, 0.2) is 0 Å². The number of hydrogen-bond donors (Lipinski definition) is 0. The van der Waals surface area contributed by atoms with E-state index in [4.69, 9.17) is 0 Å². The molecule has 0 aromatic carbocycles. The van der Waals surface area contributed by atoms with E-state index in [2.05, 4.69) is 20.5 Å². The summed E-state index contributed by atoms with van der Waals surface area (Å²) in [6, 6.07) is 3.73. The summed E-state index contributed by atoms with van der Waals surface area (Å²) >= 11 is 1.55. The molecule has 0 fully saturated rings. The van der Waals surface area contributed by atoms with E-state index in [1.54, 1.807) is 40.8 Å². The van der Waals surface area contributed by atoms with Crippen molar-refractivity contribution in [3.63, 3.8) is 0 Å². The Morgan fingerprint density at radius 1 is 1.48 bits per heavy atom. The summed E-state index contributed by atoms with van der Waals surface area (Å²) in [5.74, 6) is 0.923. The third-order valence-electron chi connectivity index (χ3n) is 2.92. The fourth-order valence-corrected chi connectivity index (χ4v) is 2.67. The second-order valence-corrected chi connectivity index (χ2v) is 5.45. The van der Waals surface area contributed by atoms with Crippen molar-refractivity contribution in [3.05, 3.63) is 24.5 Å². The standard InChI is InChI=1S/C13H18N6OS/c1-3-19(11-6-4-8-14-10-11)12(20)7-5-9-21-13-15-16-17-18(13)2/h4,6,8,10H,3,5,7,9H2,1-2H3. The van der Waals surface area contributed by atoms with Gasteiger partial charge in [-0.25, -0.2) is 4.68 Å². The lowest BCUT2D eigenvalue weighted by Gasteiger charge is -2.20. The van der Waals surface area contributed by atoms with Gasteiger partial charge in [-0.1, -0.05) is 11.8 Å². The zero-order valence-corrected chi connectivity index (χ0v) is 13.0. The minimum absolute atomic E-state index is 0.113. The smallest absolute Gasteiger partial charge is 0.227 e. The van der Waals surface area contributed by atoms with E-state index < -0.39 is 0 Å². The van der Waals surface area contributed by atoms with Crippen LogP contribution in [0, 0.1) is 0 Å². The van der Waals surface area contributed by atoms with Crippen LogP contribution >= 0.6 is 11.8 Å². The molecule has 0 saturated carbocycles. The van der Waals surface area contributed by atoms with E-state index in [1.165, 1.54) is 0 Å². The fourth-order valence-electron chi connectivity index (χ4n) is 1.88. The summed E-state index contributed by atoms with van der Waals surface area (Å²) < 4.78 is 1.63. The van der Waals surface area contributed by atoms with E-state index >= 15 is 0 Å². The lowest BCUT2D eigenvalue weighted by atomic mass is 10.2. The first-order valence-electron chi connectivity index (χ1n) is 6.78. The number of tetrazole rings is 1. The van der Waals surface area contributed by atoms with Gasteiger partial charge < -0.3 is 4.90 Å². The summed E-state index contributed by atoms with van der Waals surface area (Å²) in [5.41, 5.74) is 0.843. The van der Waals surface area contributed by atoms with Gasteiger partial charge in [-0.2, -0.15) is 0 Å². The van der Waals surface area contributed by atoms with Gasteiger partial charge in [0.2, 0.25) is 11.1 Å². The van der Waals surface area contributed by atoms with Crippen molar-refractivity contribution in [3.8, 4) is 0 Å². The van der Waals surface area contributed by atoms with Crippen LogP contribution in [-0.4, -0.2) is 43.4 Å². The Kier molecular flexibility index (Phi) is 5.68. The molecule has 0 N–H and O–H groups in total. The SMILES string of the molecule is CCN(C(=O)CCCSc1nnnn1C)c1cccnc1. The molecule has 0 saturated heterocycles. The van der Waals surface area contributed by atoms with Gasteiger partial charge in [0, 0.05) is 32.0 Å². The summed E-state index contributed by atoms with van der Waals surface area (Å²) in [4.78, 5) is 18.1. The van der Waals surface area contributed by atoms with Gasteiger partial charge in [-0.15, -0.1) is 5.10 Å². The number of anilines is 1. The summed E-state index contributed by atoms with van der Waals surface area (Å²) in [5, 5.41) is 12.0. The van der Waals surface area contributed by atoms with Crippen molar-refractivity contribution in [1.29, 1.82) is 0 Å². The van der Waals surface area contributed by atoms with Crippen LogP contribution in [0.5, 0.6) is 0 Å². The Labute approximate surface area is 127 Å². The van der Waals surface area contributed by atoms with Crippen LogP contribution < -0.4 is 4.90 Å². The molecule has 0 unspecified atom stereocenters. The zero-order valence-electron chi connectivity index (χ0n) is 12.1. The van der Waals surface area contributed by atoms with Crippen molar-refractivity contribution >= 4 is 23.4 Å². The molecule has 0 bridgehead atoms. The fraction of sp³-hybridized carbons (Fsp3) is 0.462. The maximum Gasteiger partial charge on any atom is 0.227 e. The number of thioether (sulfide) groups is 1. The van der Waals surface area contributed by atoms with Gasteiger partial charge in [-0.05, 0) is 35.9 Å². The number of nitrogens with zero attached hydrogens (tertiary/aromatic N) is 6. The molecule has 0 aliphatic heterocycles. The first-order chi connectivity index (χ1) is 10.2. The van der Waals surface area contributed by atoms with Crippen LogP contribution in [0.4, 0.5) is 5.69 Å². The highest BCUT2D eigenvalue weighted by Gasteiger charge is 2.13. The van der Waals surface area contributed by atoms with Crippen LogP contribution in [-0.2, 0) is 11.8 Å². The molecule has 21 heavy (non-hydrogen) atoms. The monoisotopic (exact) mass is 306 g/mol. The average Bonchev–Trinajstić information content (AvgIpc) is 2.91. The zero-order chi connectivity index (χ0) is 15.1. The summed E-state index contributed by atoms with van der Waals surface area (Å²) in [6.07, 6.45) is 4.70. The van der Waals surface area contributed by atoms with Crippen molar-refractivity contribution in [2.24, 2.45) is 7.05 Å². The van der Waals surface area contributed by atoms with Gasteiger partial charge in [0.25, 0.3) is 0 Å². The molecule has 2 rings (SSSR count). The number of amides is 1. The first kappa shape index (κ1) is 15.4. The maximum absolute atomic E-state index is 12.2. The van der Waals surface area contributed by atoms with Gasteiger partial charge in [-0.3, -0.25) is 9.78 Å². The van der Waals surface area contributed by atoms with Gasteiger partial charge in [0.05, 0.1) is 11.9 Å². The molecule has 0 radical (unpaired) electrons. The highest BCUT2D eigenvalue weighted by molar-refractivity contribution is 7.99. The molecule has 0 aliphatic rings. The lowest BCUT2D eigenvalue weighted by molar-refractivity contribution is -0.118. The normalized spacial score (nSPS) is 10.6. The molecular weight excluding hydrogens is 288 g/mol. The highest BCUT2D eigenvalue weighted by atomic mass is 32.2. The Bertz CT molecular complexity index is 573. The van der Waals surface area contributed by atoms with E-state index in [0.29, 0.717) is 13.0 Å². The molecule has 7 nitrogen and oxygen atoms in total. The van der Waals surface area contributed by atoms with Crippen molar-refractivity contribution in [2.45, 2.75) is 24.9 Å². The Balaban J connectivity index is 1.79. The quantitative estimate of drug-likeness (QED) is 0.570. The van der Waals surface area contributed by atoms with Crippen LogP contribution in [0.1, 0.15) is 19.8 Å². The molecule has 0 spiro atoms. The van der Waals surface area contributed by atoms with Crippen LogP contribution in [0.3, 0.4) is 0 Å². The molecule has 0 atom stereocenters. The Morgan fingerprint density at radius 3 is 2.95 bits per heavy atom. The molecule has 1 amide bonds. The predicted molar refractivity (Wildman–Crippen MR) is 81.0 cm³/mol. The van der Waals surface area contributed by atoms with E-state index in [1.807, 2.05) is 19.1 Å². The number of carbonyl (C=O) groups excluding carboxylic acids is 1. The molecule has 2 aromatic heterocycles. The van der Waals surface area contributed by atoms with Gasteiger partial charge >= 0.3 is 0 Å². The van der Waals surface area contributed by atoms with Crippen LogP contribution in [0.15, 0.2) is 29.7 Å². The number of aryl methyl sites for hydroxylation is 1. The maximum atomic E-state index is 12.2. The minimum Gasteiger partial charge on any atom is -0.311 e. The van der Waals surface area contributed by atoms with E-state index in [9.17, 15) is 4.79 Å². The number of rotatable bonds is 7. The lowest BCUT2D eigenvalue weighted by Crippen LogP contribution is -2.30. The number of aromatic nitrogens is 5. The third-order valence-corrected chi connectivity index (χ3v) is 4.02. The molecule has 112 valence electrons. The first-order valence-corrected chi connectivity index (χ1v) is 7.76. The summed E-state index contributed by atoms with van der Waals surface area (Å²) in [6.45, 7) is 2.61. The largest absolute Gasteiger partial charge is 0.311 e. The van der Waals surface area contributed by atoms with Crippen LogP contribution in [0.2, 0.25) is 0 Å². The van der Waals surface area contributed by atoms with Crippen LogP contribution in [0.25, 0.3) is 0 Å². The van der Waals surface area contributed by atoms with Crippen molar-refractivity contribution in [2.75, 3.05) is 17.2 Å². The third kappa shape index (κ3) is 4.25. The highest BCUT2D eigenvalue weighted by Crippen LogP contribution is 2.17. The second kappa shape index (κ2) is 7.72. The topological polar surface area (TPSA) is 76.8 Å². The number of hydrogen-bond acceptors (Lipinski definition) is 6. The second-order valence-electron chi connectivity index (χ2n) is 4.39. The van der Waals surface area contributed by atoms with Crippen molar-refractivity contribution < 1.29 is 4.79 Å². The predicted octanol–water partition coefficient (Wildman–Crippen LogP) is 1.53. The molecule has 2 aromatic rings. The number of carbonyl (C=O) groups is 1.